The third kappa shape index (κ3) is 5.41. The number of para-hydroxylation sites is 1. The maximum Gasteiger partial charge on any atom is 0.265 e. The van der Waals surface area contributed by atoms with Crippen molar-refractivity contribution in [2.75, 3.05) is 12.4 Å². The number of nitrogens with zero attached hydrogens (tertiary/aromatic N) is 1. The lowest BCUT2D eigenvalue weighted by Crippen LogP contribution is -2.39. The monoisotopic (exact) mass is 408 g/mol. The Morgan fingerprint density at radius 1 is 1.07 bits per heavy atom. The first-order chi connectivity index (χ1) is 14.5. The third-order valence-corrected chi connectivity index (χ3v) is 5.82. The molecule has 0 radical (unpaired) electrons. The molecule has 2 aromatic carbocycles. The van der Waals surface area contributed by atoms with E-state index in [-0.39, 0.29) is 17.9 Å². The molecule has 0 aromatic heterocycles. The molecule has 1 aliphatic rings. The number of nitrogens with one attached hydrogen (secondary N) is 1. The van der Waals surface area contributed by atoms with Gasteiger partial charge in [-0.1, -0.05) is 56.0 Å². The van der Waals surface area contributed by atoms with Crippen LogP contribution in [0.5, 0.6) is 5.75 Å². The van der Waals surface area contributed by atoms with E-state index < -0.39 is 6.10 Å². The van der Waals surface area contributed by atoms with Crippen LogP contribution >= 0.6 is 0 Å². The van der Waals surface area contributed by atoms with Gasteiger partial charge < -0.3 is 15.0 Å². The number of benzene rings is 2. The predicted molar refractivity (Wildman–Crippen MR) is 120 cm³/mol. The summed E-state index contributed by atoms with van der Waals surface area (Å²) in [6, 6.07) is 15.1. The third-order valence-electron chi connectivity index (χ3n) is 5.82. The van der Waals surface area contributed by atoms with Gasteiger partial charge >= 0.3 is 0 Å². The molecular weight excluding hydrogens is 376 g/mol. The molecular formula is C25H32N2O3. The molecule has 30 heavy (non-hydrogen) atoms. The Bertz CT molecular complexity index is 857. The average molecular weight is 409 g/mol. The van der Waals surface area contributed by atoms with Gasteiger partial charge in [-0.25, -0.2) is 0 Å². The lowest BCUT2D eigenvalue weighted by atomic mass is 9.94. The quantitative estimate of drug-likeness (QED) is 0.685. The molecule has 3 rings (SSSR count). The molecule has 1 atom stereocenters. The smallest absolute Gasteiger partial charge is 0.265 e. The Balaban J connectivity index is 1.71. The van der Waals surface area contributed by atoms with Crippen molar-refractivity contribution in [3.05, 3.63) is 59.7 Å². The molecule has 1 unspecified atom stereocenters. The molecule has 1 fully saturated rings. The van der Waals surface area contributed by atoms with Crippen LogP contribution in [0.25, 0.3) is 0 Å². The van der Waals surface area contributed by atoms with Crippen molar-refractivity contribution in [3.8, 4) is 5.75 Å². The zero-order chi connectivity index (χ0) is 21.5. The van der Waals surface area contributed by atoms with Crippen LogP contribution < -0.4 is 10.1 Å². The van der Waals surface area contributed by atoms with Gasteiger partial charge in [0, 0.05) is 13.1 Å². The maximum absolute atomic E-state index is 13.2. The summed E-state index contributed by atoms with van der Waals surface area (Å²) in [6.07, 6.45) is 5.54. The fraction of sp³-hybridized carbons (Fsp3) is 0.440. The number of aryl methyl sites for hydroxylation is 1. The van der Waals surface area contributed by atoms with E-state index in [4.69, 9.17) is 4.74 Å². The molecule has 2 amide bonds. The van der Waals surface area contributed by atoms with Gasteiger partial charge in [0.15, 0.2) is 6.10 Å². The summed E-state index contributed by atoms with van der Waals surface area (Å²) in [4.78, 5) is 27.9. The van der Waals surface area contributed by atoms with Crippen LogP contribution in [0.1, 0.15) is 61.4 Å². The molecule has 5 heteroatoms. The molecule has 2 aromatic rings. The second kappa shape index (κ2) is 10.3. The fourth-order valence-electron chi connectivity index (χ4n) is 3.92. The van der Waals surface area contributed by atoms with Crippen molar-refractivity contribution in [1.82, 2.24) is 4.90 Å². The molecule has 0 aliphatic heterocycles. The Morgan fingerprint density at radius 2 is 1.73 bits per heavy atom. The standard InChI is InChI=1S/C25H32N2O3/c1-4-23(30-20-16-14-18(2)15-17-20)24(28)26-22-13-9-8-12-21(22)25(29)27(3)19-10-6-5-7-11-19/h8-9,12-17,19,23H,4-7,10-11H2,1-3H3,(H,26,28). The van der Waals surface area contributed by atoms with Gasteiger partial charge in [0.2, 0.25) is 0 Å². The van der Waals surface area contributed by atoms with Gasteiger partial charge in [0.1, 0.15) is 5.75 Å². The Hall–Kier alpha value is -2.82. The highest BCUT2D eigenvalue weighted by atomic mass is 16.5. The van der Waals surface area contributed by atoms with Crippen LogP contribution in [-0.4, -0.2) is 35.9 Å². The molecule has 160 valence electrons. The number of anilines is 1. The van der Waals surface area contributed by atoms with Crippen molar-refractivity contribution in [2.24, 2.45) is 0 Å². The summed E-state index contributed by atoms with van der Waals surface area (Å²) < 4.78 is 5.89. The van der Waals surface area contributed by atoms with E-state index in [2.05, 4.69) is 5.32 Å². The SMILES string of the molecule is CCC(Oc1ccc(C)cc1)C(=O)Nc1ccccc1C(=O)N(C)C1CCCCC1. The first-order valence-electron chi connectivity index (χ1n) is 10.9. The van der Waals surface area contributed by atoms with Crippen molar-refractivity contribution in [2.45, 2.75) is 64.5 Å². The van der Waals surface area contributed by atoms with E-state index in [1.807, 2.05) is 62.2 Å². The lowest BCUT2D eigenvalue weighted by Gasteiger charge is -2.31. The Morgan fingerprint density at radius 3 is 2.40 bits per heavy atom. The van der Waals surface area contributed by atoms with Crippen molar-refractivity contribution >= 4 is 17.5 Å². The second-order valence-corrected chi connectivity index (χ2v) is 8.07. The minimum Gasteiger partial charge on any atom is -0.481 e. The zero-order valence-corrected chi connectivity index (χ0v) is 18.2. The summed E-state index contributed by atoms with van der Waals surface area (Å²) in [5.74, 6) is 0.355. The number of rotatable bonds is 7. The number of ether oxygens (including phenoxy) is 1. The number of amides is 2. The summed E-state index contributed by atoms with van der Waals surface area (Å²) in [5, 5.41) is 2.92. The summed E-state index contributed by atoms with van der Waals surface area (Å²) in [5.41, 5.74) is 2.18. The molecule has 0 saturated heterocycles. The molecule has 5 nitrogen and oxygen atoms in total. The van der Waals surface area contributed by atoms with Gasteiger partial charge in [-0.15, -0.1) is 0 Å². The van der Waals surface area contributed by atoms with Crippen LogP contribution in [0.3, 0.4) is 0 Å². The highest BCUT2D eigenvalue weighted by Gasteiger charge is 2.26. The van der Waals surface area contributed by atoms with E-state index >= 15 is 0 Å². The Kier molecular flexibility index (Phi) is 7.50. The van der Waals surface area contributed by atoms with E-state index in [1.54, 1.807) is 12.1 Å². The van der Waals surface area contributed by atoms with E-state index in [9.17, 15) is 9.59 Å². The number of carbonyl (C=O) groups excluding carboxylic acids is 2. The first kappa shape index (κ1) is 21.9. The molecule has 1 N–H and O–H groups in total. The van der Waals surface area contributed by atoms with E-state index in [1.165, 1.54) is 6.42 Å². The number of carbonyl (C=O) groups is 2. The van der Waals surface area contributed by atoms with E-state index in [0.29, 0.717) is 23.4 Å². The van der Waals surface area contributed by atoms with Crippen LogP contribution in [0, 0.1) is 6.92 Å². The summed E-state index contributed by atoms with van der Waals surface area (Å²) >= 11 is 0. The fourth-order valence-corrected chi connectivity index (χ4v) is 3.92. The van der Waals surface area contributed by atoms with Gasteiger partial charge in [0.25, 0.3) is 11.8 Å². The first-order valence-corrected chi connectivity index (χ1v) is 10.9. The van der Waals surface area contributed by atoms with Gasteiger partial charge in [-0.3, -0.25) is 9.59 Å². The largest absolute Gasteiger partial charge is 0.481 e. The van der Waals surface area contributed by atoms with E-state index in [0.717, 1.165) is 31.2 Å². The normalized spacial score (nSPS) is 15.3. The van der Waals surface area contributed by atoms with Crippen LogP contribution in [0.4, 0.5) is 5.69 Å². The second-order valence-electron chi connectivity index (χ2n) is 8.07. The molecule has 1 saturated carbocycles. The highest BCUT2D eigenvalue weighted by Crippen LogP contribution is 2.25. The minimum absolute atomic E-state index is 0.0506. The number of hydrogen-bond acceptors (Lipinski definition) is 3. The van der Waals surface area contributed by atoms with Crippen LogP contribution in [0.2, 0.25) is 0 Å². The Labute approximate surface area is 179 Å². The topological polar surface area (TPSA) is 58.6 Å². The number of hydrogen-bond donors (Lipinski definition) is 1. The molecule has 0 heterocycles. The zero-order valence-electron chi connectivity index (χ0n) is 18.2. The van der Waals surface area contributed by atoms with Crippen molar-refractivity contribution in [3.63, 3.8) is 0 Å². The van der Waals surface area contributed by atoms with Gasteiger partial charge in [0.05, 0.1) is 11.3 Å². The van der Waals surface area contributed by atoms with Crippen LogP contribution in [0.15, 0.2) is 48.5 Å². The lowest BCUT2D eigenvalue weighted by molar-refractivity contribution is -0.122. The van der Waals surface area contributed by atoms with Crippen molar-refractivity contribution < 1.29 is 14.3 Å². The minimum atomic E-state index is -0.632. The van der Waals surface area contributed by atoms with Gasteiger partial charge in [-0.2, -0.15) is 0 Å². The molecule has 1 aliphatic carbocycles. The highest BCUT2D eigenvalue weighted by molar-refractivity contribution is 6.04. The predicted octanol–water partition coefficient (Wildman–Crippen LogP) is 5.20. The average Bonchev–Trinajstić information content (AvgIpc) is 2.78. The molecule has 0 spiro atoms. The maximum atomic E-state index is 13.2. The summed E-state index contributed by atoms with van der Waals surface area (Å²) in [7, 11) is 1.87. The van der Waals surface area contributed by atoms with Crippen molar-refractivity contribution in [1.29, 1.82) is 0 Å². The van der Waals surface area contributed by atoms with Gasteiger partial charge in [-0.05, 0) is 50.5 Å². The van der Waals surface area contributed by atoms with Crippen LogP contribution in [-0.2, 0) is 4.79 Å². The molecule has 0 bridgehead atoms. The summed E-state index contributed by atoms with van der Waals surface area (Å²) in [6.45, 7) is 3.92.